The first-order valence-electron chi connectivity index (χ1n) is 9.58. The number of nitrogens with one attached hydrogen (secondary N) is 1. The van der Waals surface area contributed by atoms with E-state index in [-0.39, 0.29) is 29.2 Å². The van der Waals surface area contributed by atoms with Crippen molar-refractivity contribution in [3.05, 3.63) is 41.4 Å². The summed E-state index contributed by atoms with van der Waals surface area (Å²) in [4.78, 5) is 15.2. The number of hydrogen-bond donors (Lipinski definition) is 1. The lowest BCUT2D eigenvalue weighted by atomic mass is 9.99. The second-order valence-corrected chi connectivity index (χ2v) is 8.07. The van der Waals surface area contributed by atoms with Gasteiger partial charge in [0, 0.05) is 37.6 Å². The van der Waals surface area contributed by atoms with Crippen LogP contribution in [0.4, 0.5) is 0 Å². The highest BCUT2D eigenvalue weighted by Crippen LogP contribution is 2.26. The van der Waals surface area contributed by atoms with Crippen LogP contribution in [0.2, 0.25) is 0 Å². The molecule has 3 heterocycles. The minimum Gasteiger partial charge on any atom is -0.443 e. The summed E-state index contributed by atoms with van der Waals surface area (Å²) in [7, 11) is 0. The van der Waals surface area contributed by atoms with Gasteiger partial charge in [0.05, 0.1) is 12.2 Å². The fraction of sp³-hybridized carbons (Fsp3) is 0.524. The predicted octanol–water partition coefficient (Wildman–Crippen LogP) is 2.87. The van der Waals surface area contributed by atoms with E-state index in [2.05, 4.69) is 44.0 Å². The normalized spacial score (nSPS) is 20.7. The minimum absolute atomic E-state index is 0.157. The number of carbonyl (C=O) groups excluding carboxylic acids is 1. The van der Waals surface area contributed by atoms with Gasteiger partial charge in [0.15, 0.2) is 0 Å². The van der Waals surface area contributed by atoms with Crippen LogP contribution >= 0.6 is 0 Å². The Labute approximate surface area is 165 Å². The molecule has 1 fully saturated rings. The number of aromatic nitrogens is 1. The van der Waals surface area contributed by atoms with E-state index in [9.17, 15) is 10.1 Å². The molecule has 1 amide bonds. The number of nitriles is 1. The zero-order valence-corrected chi connectivity index (χ0v) is 17.2. The van der Waals surface area contributed by atoms with E-state index >= 15 is 0 Å². The van der Waals surface area contributed by atoms with Crippen LogP contribution in [0, 0.1) is 18.3 Å². The molecular weight excluding hydrogens is 356 g/mol. The van der Waals surface area contributed by atoms with E-state index in [0.29, 0.717) is 23.8 Å². The van der Waals surface area contributed by atoms with Crippen molar-refractivity contribution in [1.29, 1.82) is 5.26 Å². The highest BCUT2D eigenvalue weighted by atomic mass is 16.5. The highest BCUT2D eigenvalue weighted by Gasteiger charge is 2.34. The van der Waals surface area contributed by atoms with Crippen LogP contribution in [0.25, 0.3) is 5.88 Å². The van der Waals surface area contributed by atoms with Gasteiger partial charge in [-0.2, -0.15) is 5.26 Å². The molecule has 0 bridgehead atoms. The zero-order valence-electron chi connectivity index (χ0n) is 17.2. The number of carbonyl (C=O) groups is 1. The monoisotopic (exact) mass is 384 g/mol. The molecule has 2 aromatic heterocycles. The van der Waals surface area contributed by atoms with Gasteiger partial charge >= 0.3 is 0 Å². The molecule has 150 valence electrons. The average molecular weight is 384 g/mol. The largest absolute Gasteiger partial charge is 0.443 e. The van der Waals surface area contributed by atoms with Crippen molar-refractivity contribution in [2.75, 3.05) is 19.6 Å². The highest BCUT2D eigenvalue weighted by molar-refractivity contribution is 5.98. The van der Waals surface area contributed by atoms with E-state index in [1.54, 1.807) is 23.9 Å². The summed E-state index contributed by atoms with van der Waals surface area (Å²) in [5.41, 5.74) is 0.304. The molecular formula is C21H28N4O3. The number of rotatable bonds is 5. The van der Waals surface area contributed by atoms with Crippen molar-refractivity contribution in [3.63, 3.8) is 0 Å². The van der Waals surface area contributed by atoms with Crippen LogP contribution in [0.1, 0.15) is 49.4 Å². The van der Waals surface area contributed by atoms with Gasteiger partial charge in [0.25, 0.3) is 5.91 Å². The van der Waals surface area contributed by atoms with Crippen molar-refractivity contribution in [3.8, 4) is 12.0 Å². The molecule has 1 aliphatic heterocycles. The van der Waals surface area contributed by atoms with Crippen molar-refractivity contribution >= 4 is 5.91 Å². The third kappa shape index (κ3) is 3.98. The van der Waals surface area contributed by atoms with Crippen molar-refractivity contribution in [2.24, 2.45) is 0 Å². The lowest BCUT2D eigenvalue weighted by molar-refractivity contribution is -0.0948. The number of ether oxygens (including phenoxy) is 1. The van der Waals surface area contributed by atoms with Crippen LogP contribution in [0.3, 0.4) is 0 Å². The first-order valence-corrected chi connectivity index (χ1v) is 9.58. The van der Waals surface area contributed by atoms with Crippen molar-refractivity contribution in [2.45, 2.75) is 52.4 Å². The maximum absolute atomic E-state index is 12.9. The summed E-state index contributed by atoms with van der Waals surface area (Å²) < 4.78 is 13.2. The standard InChI is InChI=1S/C21H28N4O3/c1-14-11-25(12-15(2)27-14)21(4,5)13-23-19(26)18-16(3)28-20(17(18)10-22)24-8-6-7-9-24/h6-9,14-15H,11-13H2,1-5H3,(H,23,26). The lowest BCUT2D eigenvalue weighted by Crippen LogP contribution is -2.58. The molecule has 0 aromatic carbocycles. The van der Waals surface area contributed by atoms with Gasteiger partial charge in [-0.05, 0) is 46.8 Å². The molecule has 7 nitrogen and oxygen atoms in total. The van der Waals surface area contributed by atoms with Gasteiger partial charge in [-0.15, -0.1) is 0 Å². The predicted molar refractivity (Wildman–Crippen MR) is 105 cm³/mol. The third-order valence-corrected chi connectivity index (χ3v) is 5.20. The maximum atomic E-state index is 12.9. The minimum atomic E-state index is -0.293. The number of furan rings is 1. The Morgan fingerprint density at radius 1 is 1.29 bits per heavy atom. The molecule has 2 aromatic rings. The maximum Gasteiger partial charge on any atom is 0.256 e. The lowest BCUT2D eigenvalue weighted by Gasteiger charge is -2.45. The number of morpholine rings is 1. The van der Waals surface area contributed by atoms with Gasteiger partial charge in [-0.25, -0.2) is 0 Å². The Kier molecular flexibility index (Phi) is 5.64. The van der Waals surface area contributed by atoms with E-state index < -0.39 is 0 Å². The Morgan fingerprint density at radius 3 is 2.46 bits per heavy atom. The molecule has 0 spiro atoms. The number of aryl methyl sites for hydroxylation is 1. The molecule has 0 saturated carbocycles. The second kappa shape index (κ2) is 7.82. The SMILES string of the molecule is Cc1oc(-n2cccc2)c(C#N)c1C(=O)NCC(C)(C)N1CC(C)OC(C)C1. The summed E-state index contributed by atoms with van der Waals surface area (Å²) in [6.45, 7) is 12.1. The molecule has 1 aliphatic rings. The molecule has 1 saturated heterocycles. The zero-order chi connectivity index (χ0) is 20.5. The van der Waals surface area contributed by atoms with Crippen LogP contribution in [-0.2, 0) is 4.74 Å². The first kappa shape index (κ1) is 20.2. The molecule has 3 rings (SSSR count). The Balaban J connectivity index is 1.76. The molecule has 0 aliphatic carbocycles. The Morgan fingerprint density at radius 2 is 1.89 bits per heavy atom. The number of amides is 1. The van der Waals surface area contributed by atoms with Gasteiger partial charge in [0.1, 0.15) is 23.0 Å². The van der Waals surface area contributed by atoms with Crippen LogP contribution in [0.5, 0.6) is 0 Å². The summed E-state index contributed by atoms with van der Waals surface area (Å²) >= 11 is 0. The fourth-order valence-corrected chi connectivity index (χ4v) is 3.73. The van der Waals surface area contributed by atoms with Crippen LogP contribution in [0.15, 0.2) is 28.9 Å². The van der Waals surface area contributed by atoms with Crippen LogP contribution < -0.4 is 5.32 Å². The van der Waals surface area contributed by atoms with E-state index in [0.717, 1.165) is 13.1 Å². The third-order valence-electron chi connectivity index (χ3n) is 5.20. The molecule has 2 atom stereocenters. The van der Waals surface area contributed by atoms with E-state index in [1.807, 2.05) is 12.1 Å². The molecule has 0 radical (unpaired) electrons. The summed E-state index contributed by atoms with van der Waals surface area (Å²) in [6, 6.07) is 5.80. The molecule has 7 heteroatoms. The molecule has 2 unspecified atom stereocenters. The van der Waals surface area contributed by atoms with Gasteiger partial charge in [-0.3, -0.25) is 14.3 Å². The summed E-state index contributed by atoms with van der Waals surface area (Å²) in [6.07, 6.45) is 3.88. The quantitative estimate of drug-likeness (QED) is 0.857. The van der Waals surface area contributed by atoms with Crippen molar-refractivity contribution < 1.29 is 13.9 Å². The number of hydrogen-bond acceptors (Lipinski definition) is 5. The summed E-state index contributed by atoms with van der Waals surface area (Å²) in [5.74, 6) is 0.507. The topological polar surface area (TPSA) is 83.4 Å². The van der Waals surface area contributed by atoms with Gasteiger partial charge in [-0.1, -0.05) is 0 Å². The van der Waals surface area contributed by atoms with Crippen molar-refractivity contribution in [1.82, 2.24) is 14.8 Å². The second-order valence-electron chi connectivity index (χ2n) is 8.07. The van der Waals surface area contributed by atoms with Gasteiger partial charge in [0.2, 0.25) is 5.88 Å². The number of nitrogens with zero attached hydrogens (tertiary/aromatic N) is 3. The molecule has 28 heavy (non-hydrogen) atoms. The Bertz CT molecular complexity index is 866. The van der Waals surface area contributed by atoms with Gasteiger partial charge < -0.3 is 14.5 Å². The summed E-state index contributed by atoms with van der Waals surface area (Å²) in [5, 5.41) is 12.6. The molecule has 1 N–H and O–H groups in total. The first-order chi connectivity index (χ1) is 13.2. The van der Waals surface area contributed by atoms with Crippen LogP contribution in [-0.4, -0.2) is 52.8 Å². The fourth-order valence-electron chi connectivity index (χ4n) is 3.73. The van der Waals surface area contributed by atoms with E-state index in [1.165, 1.54) is 0 Å². The average Bonchev–Trinajstić information content (AvgIpc) is 3.26. The smallest absolute Gasteiger partial charge is 0.256 e. The Hall–Kier alpha value is -2.56. The van der Waals surface area contributed by atoms with E-state index in [4.69, 9.17) is 9.15 Å².